The van der Waals surface area contributed by atoms with E-state index in [0.29, 0.717) is 37.4 Å². The molecule has 3 aromatic rings. The summed E-state index contributed by atoms with van der Waals surface area (Å²) in [6, 6.07) is 5.75. The van der Waals surface area contributed by atoms with Gasteiger partial charge in [-0.25, -0.2) is 27.8 Å². The number of aromatic nitrogens is 4. The molecule has 0 amide bonds. The molecule has 0 spiro atoms. The highest BCUT2D eigenvalue weighted by molar-refractivity contribution is 5.89. The average Bonchev–Trinajstić information content (AvgIpc) is 2.69. The first-order valence-corrected chi connectivity index (χ1v) is 8.77. The van der Waals surface area contributed by atoms with Gasteiger partial charge in [0.05, 0.1) is 17.4 Å². The Labute approximate surface area is 158 Å². The van der Waals surface area contributed by atoms with Gasteiger partial charge in [-0.2, -0.15) is 5.10 Å². The van der Waals surface area contributed by atoms with Crippen molar-refractivity contribution in [3.8, 4) is 0 Å². The lowest BCUT2D eigenvalue weighted by Crippen LogP contribution is -2.47. The van der Waals surface area contributed by atoms with Crippen LogP contribution < -0.4 is 15.4 Å². The van der Waals surface area contributed by atoms with Gasteiger partial charge in [-0.05, 0) is 12.1 Å². The van der Waals surface area contributed by atoms with E-state index in [-0.39, 0.29) is 5.82 Å². The van der Waals surface area contributed by atoms with Gasteiger partial charge in [0.2, 0.25) is 0 Å². The van der Waals surface area contributed by atoms with Gasteiger partial charge in [0.15, 0.2) is 0 Å². The van der Waals surface area contributed by atoms with Crippen LogP contribution in [0.2, 0.25) is 0 Å². The maximum atomic E-state index is 13.4. The maximum Gasteiger partial charge on any atom is 0.269 e. The molecule has 0 bridgehead atoms. The van der Waals surface area contributed by atoms with Crippen LogP contribution in [0.5, 0.6) is 0 Å². The largest absolute Gasteiger partial charge is 0.367 e. The average molecular weight is 390 g/mol. The molecule has 146 valence electrons. The Bertz CT molecular complexity index is 1050. The smallest absolute Gasteiger partial charge is 0.269 e. The number of hydrogen-bond acceptors (Lipinski definition) is 6. The summed E-state index contributed by atoms with van der Waals surface area (Å²) in [5.41, 5.74) is 0.591. The van der Waals surface area contributed by atoms with Crippen molar-refractivity contribution in [2.45, 2.75) is 13.0 Å². The molecule has 1 aliphatic rings. The molecule has 2 aromatic heterocycles. The number of fused-ring (bicyclic) bond motifs is 1. The molecule has 0 aliphatic carbocycles. The number of hydrogen-bond donors (Lipinski definition) is 0. The molecular formula is C18H17F3N6O. The predicted octanol–water partition coefficient (Wildman–Crippen LogP) is 1.92. The Morgan fingerprint density at radius 1 is 1.04 bits per heavy atom. The topological polar surface area (TPSA) is 67.2 Å². The van der Waals surface area contributed by atoms with Crippen LogP contribution >= 0.6 is 0 Å². The lowest BCUT2D eigenvalue weighted by molar-refractivity contribution is 0.119. The number of halogens is 3. The molecule has 1 fully saturated rings. The quantitative estimate of drug-likeness (QED) is 0.678. The molecule has 1 saturated heterocycles. The second kappa shape index (κ2) is 7.45. The third-order valence-electron chi connectivity index (χ3n) is 4.69. The summed E-state index contributed by atoms with van der Waals surface area (Å²) in [5, 5.41) is 4.60. The summed E-state index contributed by atoms with van der Waals surface area (Å²) < 4.78 is 39.1. The highest BCUT2D eigenvalue weighted by Crippen LogP contribution is 2.25. The van der Waals surface area contributed by atoms with Crippen molar-refractivity contribution in [1.82, 2.24) is 19.7 Å². The minimum atomic E-state index is -2.63. The van der Waals surface area contributed by atoms with Gasteiger partial charge in [0, 0.05) is 43.7 Å². The lowest BCUT2D eigenvalue weighted by atomic mass is 10.2. The highest BCUT2D eigenvalue weighted by atomic mass is 19.3. The van der Waals surface area contributed by atoms with E-state index in [2.05, 4.69) is 20.0 Å². The molecule has 0 radical (unpaired) electrons. The molecule has 28 heavy (non-hydrogen) atoms. The zero-order chi connectivity index (χ0) is 19.7. The lowest BCUT2D eigenvalue weighted by Gasteiger charge is -2.36. The van der Waals surface area contributed by atoms with Gasteiger partial charge in [0.1, 0.15) is 24.5 Å². The van der Waals surface area contributed by atoms with Gasteiger partial charge in [-0.1, -0.05) is 0 Å². The van der Waals surface area contributed by atoms with Crippen molar-refractivity contribution in [3.63, 3.8) is 0 Å². The van der Waals surface area contributed by atoms with Crippen LogP contribution in [0.1, 0.15) is 0 Å². The molecule has 0 unspecified atom stereocenters. The molecule has 10 heteroatoms. The predicted molar refractivity (Wildman–Crippen MR) is 98.4 cm³/mol. The summed E-state index contributed by atoms with van der Waals surface area (Å²) >= 11 is 0. The Hall–Kier alpha value is -3.17. The fraction of sp³-hybridized carbons (Fsp3) is 0.333. The summed E-state index contributed by atoms with van der Waals surface area (Å²) in [6.45, 7) is 1.75. The van der Waals surface area contributed by atoms with Gasteiger partial charge in [-0.3, -0.25) is 4.79 Å². The summed E-state index contributed by atoms with van der Waals surface area (Å²) in [6.07, 6.45) is 0.217. The molecule has 0 N–H and O–H groups in total. The van der Waals surface area contributed by atoms with Crippen LogP contribution in [0.15, 0.2) is 41.6 Å². The zero-order valence-corrected chi connectivity index (χ0v) is 14.8. The van der Waals surface area contributed by atoms with Gasteiger partial charge < -0.3 is 9.80 Å². The van der Waals surface area contributed by atoms with E-state index in [0.717, 1.165) is 15.9 Å². The van der Waals surface area contributed by atoms with Crippen molar-refractivity contribution in [3.05, 3.63) is 53.0 Å². The highest BCUT2D eigenvalue weighted by Gasteiger charge is 2.21. The minimum absolute atomic E-state index is 0.351. The van der Waals surface area contributed by atoms with E-state index >= 15 is 0 Å². The standard InChI is InChI=1S/C18H17F3N6O/c19-12-1-2-14-15(7-12)22-11-23-18(14)26-5-3-25(4-6-26)13-8-17(28)27(24-9-13)10-16(20)21/h1-2,7-9,11,16H,3-6,10H2. The minimum Gasteiger partial charge on any atom is -0.367 e. The number of alkyl halides is 2. The van der Waals surface area contributed by atoms with Crippen molar-refractivity contribution >= 4 is 22.4 Å². The van der Waals surface area contributed by atoms with E-state index < -0.39 is 18.5 Å². The fourth-order valence-electron chi connectivity index (χ4n) is 3.31. The van der Waals surface area contributed by atoms with Crippen LogP contribution in [0, 0.1) is 5.82 Å². The first-order chi connectivity index (χ1) is 13.5. The molecule has 4 rings (SSSR count). The van der Waals surface area contributed by atoms with Crippen molar-refractivity contribution in [1.29, 1.82) is 0 Å². The normalized spacial score (nSPS) is 14.9. The monoisotopic (exact) mass is 390 g/mol. The maximum absolute atomic E-state index is 13.4. The Kier molecular flexibility index (Phi) is 4.84. The number of piperazine rings is 1. The second-order valence-corrected chi connectivity index (χ2v) is 6.46. The van der Waals surface area contributed by atoms with Crippen LogP contribution in [-0.2, 0) is 6.54 Å². The van der Waals surface area contributed by atoms with Gasteiger partial charge in [-0.15, -0.1) is 0 Å². The van der Waals surface area contributed by atoms with Gasteiger partial charge in [0.25, 0.3) is 12.0 Å². The number of rotatable bonds is 4. The summed E-state index contributed by atoms with van der Waals surface area (Å²) in [5.74, 6) is 0.381. The van der Waals surface area contributed by atoms with E-state index in [1.54, 1.807) is 6.07 Å². The first kappa shape index (κ1) is 18.2. The van der Waals surface area contributed by atoms with Crippen LogP contribution in [0.3, 0.4) is 0 Å². The van der Waals surface area contributed by atoms with Crippen LogP contribution in [0.4, 0.5) is 24.7 Å². The molecule has 0 saturated carbocycles. The zero-order valence-electron chi connectivity index (χ0n) is 14.8. The Balaban J connectivity index is 1.50. The Morgan fingerprint density at radius 2 is 1.79 bits per heavy atom. The van der Waals surface area contributed by atoms with Crippen molar-refractivity contribution in [2.24, 2.45) is 0 Å². The molecular weight excluding hydrogens is 373 g/mol. The fourth-order valence-corrected chi connectivity index (χ4v) is 3.31. The number of nitrogens with zero attached hydrogens (tertiary/aromatic N) is 6. The molecule has 7 nitrogen and oxygen atoms in total. The first-order valence-electron chi connectivity index (χ1n) is 8.77. The Morgan fingerprint density at radius 3 is 2.50 bits per heavy atom. The molecule has 1 aliphatic heterocycles. The van der Waals surface area contributed by atoms with Crippen molar-refractivity contribution < 1.29 is 13.2 Å². The summed E-state index contributed by atoms with van der Waals surface area (Å²) in [4.78, 5) is 24.5. The third-order valence-corrected chi connectivity index (χ3v) is 4.69. The summed E-state index contributed by atoms with van der Waals surface area (Å²) in [7, 11) is 0. The van der Waals surface area contributed by atoms with Crippen molar-refractivity contribution in [2.75, 3.05) is 36.0 Å². The number of anilines is 2. The number of benzene rings is 1. The molecule has 0 atom stereocenters. The molecule has 3 heterocycles. The van der Waals surface area contributed by atoms with E-state index in [4.69, 9.17) is 0 Å². The van der Waals surface area contributed by atoms with Gasteiger partial charge >= 0.3 is 0 Å². The second-order valence-electron chi connectivity index (χ2n) is 6.46. The van der Waals surface area contributed by atoms with E-state index in [1.807, 2.05) is 4.90 Å². The SMILES string of the molecule is O=c1cc(N2CCN(c3ncnc4cc(F)ccc34)CC2)cnn1CC(F)F. The van der Waals surface area contributed by atoms with E-state index in [1.165, 1.54) is 30.7 Å². The van der Waals surface area contributed by atoms with Crippen LogP contribution in [0.25, 0.3) is 10.9 Å². The molecule has 1 aromatic carbocycles. The van der Waals surface area contributed by atoms with E-state index in [9.17, 15) is 18.0 Å². The third kappa shape index (κ3) is 3.62. The van der Waals surface area contributed by atoms with Crippen LogP contribution in [-0.4, -0.2) is 52.4 Å².